The highest BCUT2D eigenvalue weighted by Crippen LogP contribution is 2.11. The molecule has 0 aromatic heterocycles. The Morgan fingerprint density at radius 1 is 1.58 bits per heavy atom. The molecule has 12 heavy (non-hydrogen) atoms. The Kier molecular flexibility index (Phi) is 3.41. The van der Waals surface area contributed by atoms with Gasteiger partial charge in [-0.15, -0.1) is 0 Å². The molecule has 66 valence electrons. The van der Waals surface area contributed by atoms with E-state index in [2.05, 4.69) is 18.5 Å². The molecule has 0 saturated carbocycles. The van der Waals surface area contributed by atoms with E-state index in [4.69, 9.17) is 5.41 Å². The summed E-state index contributed by atoms with van der Waals surface area (Å²) < 4.78 is 0. The summed E-state index contributed by atoms with van der Waals surface area (Å²) in [4.78, 5) is 11.3. The van der Waals surface area contributed by atoms with Gasteiger partial charge in [0.25, 0.3) is 0 Å². The van der Waals surface area contributed by atoms with E-state index in [9.17, 15) is 4.79 Å². The molecular weight excluding hydrogens is 152 g/mol. The first-order valence-corrected chi connectivity index (χ1v) is 3.58. The van der Waals surface area contributed by atoms with Crippen LogP contribution in [0.4, 0.5) is 0 Å². The second-order valence-electron chi connectivity index (χ2n) is 3.05. The summed E-state index contributed by atoms with van der Waals surface area (Å²) in [7, 11) is 0. The Bertz CT molecular complexity index is 229. The Hall–Kier alpha value is -1.38. The van der Waals surface area contributed by atoms with Gasteiger partial charge in [-0.05, 0) is 19.9 Å². The highest BCUT2D eigenvalue weighted by molar-refractivity contribution is 5.97. The van der Waals surface area contributed by atoms with Crippen molar-refractivity contribution >= 4 is 12.1 Å². The van der Waals surface area contributed by atoms with Gasteiger partial charge in [0.1, 0.15) is 0 Å². The number of nitrogens with one attached hydrogen (secondary N) is 2. The fraction of sp³-hybridized carbons (Fsp3) is 0.333. The largest absolute Gasteiger partial charge is 0.326 e. The summed E-state index contributed by atoms with van der Waals surface area (Å²) in [6.07, 6.45) is 2.55. The van der Waals surface area contributed by atoms with Crippen LogP contribution in [0, 0.1) is 10.8 Å². The zero-order valence-corrected chi connectivity index (χ0v) is 7.48. The number of allylic oxidation sites excluding steroid dienone is 1. The van der Waals surface area contributed by atoms with E-state index in [-0.39, 0.29) is 5.91 Å². The minimum atomic E-state index is -0.786. The van der Waals surface area contributed by atoms with Crippen LogP contribution >= 0.6 is 0 Å². The zero-order chi connectivity index (χ0) is 9.78. The fourth-order valence-corrected chi connectivity index (χ4v) is 0.423. The highest BCUT2D eigenvalue weighted by atomic mass is 16.2. The van der Waals surface area contributed by atoms with Crippen molar-refractivity contribution in [3.05, 3.63) is 24.9 Å². The van der Waals surface area contributed by atoms with Crippen LogP contribution in [-0.2, 0) is 4.79 Å². The Labute approximate surface area is 72.7 Å². The lowest BCUT2D eigenvalue weighted by Gasteiger charge is -2.17. The highest BCUT2D eigenvalue weighted by Gasteiger charge is 2.24. The van der Waals surface area contributed by atoms with Crippen LogP contribution in [0.25, 0.3) is 0 Å². The summed E-state index contributed by atoms with van der Waals surface area (Å²) in [6.45, 7) is 10.3. The number of hydrogen-bond donors (Lipinski definition) is 2. The molecule has 0 atom stereocenters. The van der Waals surface area contributed by atoms with E-state index >= 15 is 0 Å². The molecule has 0 spiro atoms. The molecular formula is C9H14N2O. The fourth-order valence-electron chi connectivity index (χ4n) is 0.423. The molecule has 0 aliphatic heterocycles. The third kappa shape index (κ3) is 2.70. The lowest BCUT2D eigenvalue weighted by Crippen LogP contribution is -2.36. The van der Waals surface area contributed by atoms with E-state index in [1.807, 2.05) is 0 Å². The average Bonchev–Trinajstić information content (AvgIpc) is 2.04. The Morgan fingerprint density at radius 2 is 2.08 bits per heavy atom. The first-order valence-electron chi connectivity index (χ1n) is 3.58. The van der Waals surface area contributed by atoms with Crippen LogP contribution in [0.15, 0.2) is 24.9 Å². The maximum atomic E-state index is 11.3. The van der Waals surface area contributed by atoms with Gasteiger partial charge in [0.05, 0.1) is 5.41 Å². The minimum absolute atomic E-state index is 0.248. The minimum Gasteiger partial charge on any atom is -0.326 e. The summed E-state index contributed by atoms with van der Waals surface area (Å²) in [6, 6.07) is 0. The van der Waals surface area contributed by atoms with Crippen molar-refractivity contribution in [2.24, 2.45) is 5.41 Å². The molecule has 2 N–H and O–H groups in total. The zero-order valence-electron chi connectivity index (χ0n) is 7.48. The molecule has 3 nitrogen and oxygen atoms in total. The van der Waals surface area contributed by atoms with Crippen LogP contribution in [0.2, 0.25) is 0 Å². The van der Waals surface area contributed by atoms with Crippen molar-refractivity contribution in [2.75, 3.05) is 0 Å². The number of hydrogen-bond acceptors (Lipinski definition) is 2. The molecule has 0 radical (unpaired) electrons. The van der Waals surface area contributed by atoms with Gasteiger partial charge in [0, 0.05) is 11.9 Å². The van der Waals surface area contributed by atoms with Crippen LogP contribution in [0.5, 0.6) is 0 Å². The smallest absolute Gasteiger partial charge is 0.235 e. The SMILES string of the molecule is C=CC(=C)NC(=O)C(C)(C)C=N. The maximum Gasteiger partial charge on any atom is 0.235 e. The van der Waals surface area contributed by atoms with E-state index < -0.39 is 5.41 Å². The molecule has 0 aromatic rings. The second kappa shape index (κ2) is 3.85. The summed E-state index contributed by atoms with van der Waals surface area (Å²) in [5.41, 5.74) is -0.332. The number of amides is 1. The monoisotopic (exact) mass is 166 g/mol. The first kappa shape index (κ1) is 10.6. The summed E-state index contributed by atoms with van der Waals surface area (Å²) >= 11 is 0. The molecule has 3 heteroatoms. The predicted octanol–water partition coefficient (Wildman–Crippen LogP) is 1.48. The van der Waals surface area contributed by atoms with E-state index in [0.717, 1.165) is 6.21 Å². The van der Waals surface area contributed by atoms with Crippen molar-refractivity contribution in [1.29, 1.82) is 5.41 Å². The Morgan fingerprint density at radius 3 is 2.42 bits per heavy atom. The molecule has 0 fully saturated rings. The van der Waals surface area contributed by atoms with E-state index in [0.29, 0.717) is 5.70 Å². The van der Waals surface area contributed by atoms with Gasteiger partial charge in [0.2, 0.25) is 5.91 Å². The second-order valence-corrected chi connectivity index (χ2v) is 3.05. The number of rotatable bonds is 4. The lowest BCUT2D eigenvalue weighted by molar-refractivity contribution is -0.125. The number of carbonyl (C=O) groups excluding carboxylic acids is 1. The maximum absolute atomic E-state index is 11.3. The van der Waals surface area contributed by atoms with Gasteiger partial charge in [-0.3, -0.25) is 4.79 Å². The molecule has 0 saturated heterocycles. The standard InChI is InChI=1S/C9H14N2O/c1-5-7(2)11-8(12)9(3,4)6-10/h5-6,10H,1-2H2,3-4H3,(H,11,12). The van der Waals surface area contributed by atoms with Gasteiger partial charge < -0.3 is 10.7 Å². The van der Waals surface area contributed by atoms with Crippen molar-refractivity contribution < 1.29 is 4.79 Å². The lowest BCUT2D eigenvalue weighted by atomic mass is 9.94. The van der Waals surface area contributed by atoms with Gasteiger partial charge in [0.15, 0.2) is 0 Å². The molecule has 0 aliphatic carbocycles. The van der Waals surface area contributed by atoms with Gasteiger partial charge in [-0.25, -0.2) is 0 Å². The van der Waals surface area contributed by atoms with Crippen LogP contribution in [0.3, 0.4) is 0 Å². The molecule has 0 aromatic carbocycles. The average molecular weight is 166 g/mol. The van der Waals surface area contributed by atoms with Gasteiger partial charge in [-0.2, -0.15) is 0 Å². The van der Waals surface area contributed by atoms with Crippen molar-refractivity contribution in [2.45, 2.75) is 13.8 Å². The van der Waals surface area contributed by atoms with Crippen LogP contribution in [-0.4, -0.2) is 12.1 Å². The van der Waals surface area contributed by atoms with E-state index in [1.54, 1.807) is 13.8 Å². The first-order chi connectivity index (χ1) is 5.44. The third-order valence-corrected chi connectivity index (χ3v) is 1.47. The molecule has 0 heterocycles. The van der Waals surface area contributed by atoms with Crippen molar-refractivity contribution in [3.8, 4) is 0 Å². The van der Waals surface area contributed by atoms with Crippen LogP contribution in [0.1, 0.15) is 13.8 Å². The third-order valence-electron chi connectivity index (χ3n) is 1.47. The molecule has 0 aliphatic rings. The Balaban J connectivity index is 4.31. The van der Waals surface area contributed by atoms with Gasteiger partial charge in [-0.1, -0.05) is 13.2 Å². The molecule has 0 unspecified atom stereocenters. The topological polar surface area (TPSA) is 53.0 Å². The normalized spacial score (nSPS) is 10.2. The quantitative estimate of drug-likeness (QED) is 0.482. The van der Waals surface area contributed by atoms with Crippen LogP contribution < -0.4 is 5.32 Å². The molecule has 0 bridgehead atoms. The molecule has 1 amide bonds. The van der Waals surface area contributed by atoms with Crippen molar-refractivity contribution in [1.82, 2.24) is 5.32 Å². The van der Waals surface area contributed by atoms with E-state index in [1.165, 1.54) is 6.08 Å². The van der Waals surface area contributed by atoms with Crippen molar-refractivity contribution in [3.63, 3.8) is 0 Å². The summed E-state index contributed by atoms with van der Waals surface area (Å²) in [5, 5.41) is 9.51. The predicted molar refractivity (Wildman–Crippen MR) is 50.0 cm³/mol. The number of carbonyl (C=O) groups is 1. The van der Waals surface area contributed by atoms with Gasteiger partial charge >= 0.3 is 0 Å². The molecule has 0 rings (SSSR count). The summed E-state index contributed by atoms with van der Waals surface area (Å²) in [5.74, 6) is -0.248.